The van der Waals surface area contributed by atoms with Crippen molar-refractivity contribution >= 4 is 5.91 Å². The van der Waals surface area contributed by atoms with Crippen molar-refractivity contribution in [3.8, 4) is 0 Å². The van der Waals surface area contributed by atoms with Gasteiger partial charge in [-0.1, -0.05) is 12.1 Å². The molecule has 98 valence electrons. The molecule has 1 fully saturated rings. The lowest BCUT2D eigenvalue weighted by atomic mass is 10.1. The van der Waals surface area contributed by atoms with Crippen molar-refractivity contribution in [3.05, 3.63) is 35.6 Å². The van der Waals surface area contributed by atoms with Gasteiger partial charge in [-0.3, -0.25) is 4.79 Å². The number of carbonyl (C=O) groups excluding carboxylic acids is 1. The van der Waals surface area contributed by atoms with Crippen molar-refractivity contribution in [3.63, 3.8) is 0 Å². The number of amides is 1. The van der Waals surface area contributed by atoms with Crippen LogP contribution in [0, 0.1) is 5.82 Å². The van der Waals surface area contributed by atoms with Gasteiger partial charge in [0.1, 0.15) is 5.82 Å². The van der Waals surface area contributed by atoms with Crippen molar-refractivity contribution in [1.82, 2.24) is 10.2 Å². The lowest BCUT2D eigenvalue weighted by molar-refractivity contribution is -0.133. The number of carbonyl (C=O) groups is 1. The molecule has 18 heavy (non-hydrogen) atoms. The Morgan fingerprint density at radius 3 is 2.83 bits per heavy atom. The highest BCUT2D eigenvalue weighted by atomic mass is 19.1. The zero-order valence-electron chi connectivity index (χ0n) is 10.7. The molecule has 1 atom stereocenters. The highest BCUT2D eigenvalue weighted by Gasteiger charge is 2.22. The minimum Gasteiger partial charge on any atom is -0.337 e. The Morgan fingerprint density at radius 1 is 1.44 bits per heavy atom. The molecule has 0 aromatic heterocycles. The maximum atomic E-state index is 12.7. The molecule has 0 radical (unpaired) electrons. The summed E-state index contributed by atoms with van der Waals surface area (Å²) in [5, 5.41) is 3.26. The molecule has 0 spiro atoms. The zero-order valence-corrected chi connectivity index (χ0v) is 10.7. The Morgan fingerprint density at radius 2 is 2.17 bits per heavy atom. The number of hydrogen-bond acceptors (Lipinski definition) is 2. The lowest BCUT2D eigenvalue weighted by Gasteiger charge is -2.34. The van der Waals surface area contributed by atoms with Crippen LogP contribution in [0.1, 0.15) is 18.9 Å². The van der Waals surface area contributed by atoms with Crippen molar-refractivity contribution in [1.29, 1.82) is 0 Å². The van der Waals surface area contributed by atoms with Gasteiger partial charge in [-0.15, -0.1) is 0 Å². The van der Waals surface area contributed by atoms with E-state index in [-0.39, 0.29) is 17.8 Å². The molecular weight excluding hydrogens is 231 g/mol. The third kappa shape index (κ3) is 3.29. The Labute approximate surface area is 107 Å². The van der Waals surface area contributed by atoms with E-state index in [1.54, 1.807) is 12.1 Å². The molecule has 1 aromatic carbocycles. The standard InChI is InChI=1S/C14H19FN2O/c1-11-10-16-8-9-17(11)14(18)7-4-12-2-5-13(15)6-3-12/h2-3,5-6,11,16H,4,7-10H2,1H3/t11-/m0/s1. The molecule has 1 amide bonds. The van der Waals surface area contributed by atoms with Crippen LogP contribution in [0.5, 0.6) is 0 Å². The molecule has 3 nitrogen and oxygen atoms in total. The van der Waals surface area contributed by atoms with Crippen LogP contribution in [-0.2, 0) is 11.2 Å². The van der Waals surface area contributed by atoms with E-state index in [4.69, 9.17) is 0 Å². The van der Waals surface area contributed by atoms with E-state index in [0.717, 1.165) is 25.2 Å². The van der Waals surface area contributed by atoms with Gasteiger partial charge in [-0.05, 0) is 31.0 Å². The summed E-state index contributed by atoms with van der Waals surface area (Å²) in [7, 11) is 0. The van der Waals surface area contributed by atoms with Crippen LogP contribution >= 0.6 is 0 Å². The van der Waals surface area contributed by atoms with Gasteiger partial charge in [0.2, 0.25) is 5.91 Å². The number of benzene rings is 1. The van der Waals surface area contributed by atoms with Crippen LogP contribution in [0.25, 0.3) is 0 Å². The number of nitrogens with zero attached hydrogens (tertiary/aromatic N) is 1. The second kappa shape index (κ2) is 5.96. The van der Waals surface area contributed by atoms with Gasteiger partial charge in [-0.2, -0.15) is 0 Å². The molecule has 0 aliphatic carbocycles. The van der Waals surface area contributed by atoms with E-state index in [9.17, 15) is 9.18 Å². The maximum absolute atomic E-state index is 12.7. The van der Waals surface area contributed by atoms with Crippen molar-refractivity contribution in [2.24, 2.45) is 0 Å². The van der Waals surface area contributed by atoms with Crippen LogP contribution in [-0.4, -0.2) is 36.5 Å². The summed E-state index contributed by atoms with van der Waals surface area (Å²) in [6.07, 6.45) is 1.17. The summed E-state index contributed by atoms with van der Waals surface area (Å²) in [5.41, 5.74) is 1.01. The second-order valence-corrected chi connectivity index (χ2v) is 4.77. The topological polar surface area (TPSA) is 32.3 Å². The summed E-state index contributed by atoms with van der Waals surface area (Å²) >= 11 is 0. The predicted molar refractivity (Wildman–Crippen MR) is 68.8 cm³/mol. The van der Waals surface area contributed by atoms with Gasteiger partial charge < -0.3 is 10.2 Å². The average Bonchev–Trinajstić information content (AvgIpc) is 2.38. The van der Waals surface area contributed by atoms with Crippen LogP contribution in [0.2, 0.25) is 0 Å². The van der Waals surface area contributed by atoms with Gasteiger partial charge in [0, 0.05) is 32.1 Å². The third-order valence-corrected chi connectivity index (χ3v) is 3.36. The molecule has 2 rings (SSSR count). The zero-order chi connectivity index (χ0) is 13.0. The summed E-state index contributed by atoms with van der Waals surface area (Å²) in [4.78, 5) is 14.0. The van der Waals surface area contributed by atoms with E-state index >= 15 is 0 Å². The first-order valence-corrected chi connectivity index (χ1v) is 6.41. The number of rotatable bonds is 3. The summed E-state index contributed by atoms with van der Waals surface area (Å²) in [6.45, 7) is 4.57. The normalized spacial score (nSPS) is 19.9. The Hall–Kier alpha value is -1.42. The quantitative estimate of drug-likeness (QED) is 0.883. The third-order valence-electron chi connectivity index (χ3n) is 3.36. The highest BCUT2D eigenvalue weighted by Crippen LogP contribution is 2.09. The monoisotopic (exact) mass is 250 g/mol. The number of hydrogen-bond donors (Lipinski definition) is 1. The van der Waals surface area contributed by atoms with Crippen LogP contribution in [0.4, 0.5) is 4.39 Å². The molecule has 0 saturated carbocycles. The van der Waals surface area contributed by atoms with Crippen LogP contribution in [0.15, 0.2) is 24.3 Å². The van der Waals surface area contributed by atoms with Crippen molar-refractivity contribution in [2.75, 3.05) is 19.6 Å². The van der Waals surface area contributed by atoms with Crippen LogP contribution in [0.3, 0.4) is 0 Å². The summed E-state index contributed by atoms with van der Waals surface area (Å²) < 4.78 is 12.7. The predicted octanol–water partition coefficient (Wildman–Crippen LogP) is 1.58. The Kier molecular flexibility index (Phi) is 4.31. The largest absolute Gasteiger partial charge is 0.337 e. The SMILES string of the molecule is C[C@H]1CNCCN1C(=O)CCc1ccc(F)cc1. The number of nitrogens with one attached hydrogen (secondary N) is 1. The number of halogens is 1. The molecule has 4 heteroatoms. The highest BCUT2D eigenvalue weighted by molar-refractivity contribution is 5.77. The van der Waals surface area contributed by atoms with Gasteiger partial charge in [0.25, 0.3) is 0 Å². The number of piperazine rings is 1. The minimum atomic E-state index is -0.235. The van der Waals surface area contributed by atoms with Crippen molar-refractivity contribution < 1.29 is 9.18 Å². The van der Waals surface area contributed by atoms with E-state index in [1.807, 2.05) is 4.90 Å². The smallest absolute Gasteiger partial charge is 0.223 e. The van der Waals surface area contributed by atoms with E-state index in [0.29, 0.717) is 12.8 Å². The fourth-order valence-corrected chi connectivity index (χ4v) is 2.26. The fraction of sp³-hybridized carbons (Fsp3) is 0.500. The molecule has 1 aromatic rings. The maximum Gasteiger partial charge on any atom is 0.223 e. The first-order chi connectivity index (χ1) is 8.66. The molecule has 0 unspecified atom stereocenters. The Balaban J connectivity index is 1.85. The number of aryl methyl sites for hydroxylation is 1. The molecule has 1 heterocycles. The molecule has 1 aliphatic rings. The van der Waals surface area contributed by atoms with E-state index in [2.05, 4.69) is 12.2 Å². The molecule has 1 N–H and O–H groups in total. The second-order valence-electron chi connectivity index (χ2n) is 4.77. The fourth-order valence-electron chi connectivity index (χ4n) is 2.26. The minimum absolute atomic E-state index is 0.188. The first-order valence-electron chi connectivity index (χ1n) is 6.41. The van der Waals surface area contributed by atoms with E-state index in [1.165, 1.54) is 12.1 Å². The molecule has 1 aliphatic heterocycles. The molecule has 1 saturated heterocycles. The first kappa shape index (κ1) is 13.0. The summed E-state index contributed by atoms with van der Waals surface area (Å²) in [5.74, 6) is -0.0471. The van der Waals surface area contributed by atoms with Crippen molar-refractivity contribution in [2.45, 2.75) is 25.8 Å². The average molecular weight is 250 g/mol. The van der Waals surface area contributed by atoms with Gasteiger partial charge in [0.05, 0.1) is 0 Å². The lowest BCUT2D eigenvalue weighted by Crippen LogP contribution is -2.52. The van der Waals surface area contributed by atoms with Crippen LogP contribution < -0.4 is 5.32 Å². The molecular formula is C14H19FN2O. The van der Waals surface area contributed by atoms with Gasteiger partial charge >= 0.3 is 0 Å². The van der Waals surface area contributed by atoms with E-state index < -0.39 is 0 Å². The summed E-state index contributed by atoms with van der Waals surface area (Å²) in [6, 6.07) is 6.62. The van der Waals surface area contributed by atoms with Gasteiger partial charge in [0.15, 0.2) is 0 Å². The Bertz CT molecular complexity index is 405. The molecule has 0 bridgehead atoms. The van der Waals surface area contributed by atoms with Gasteiger partial charge in [-0.25, -0.2) is 4.39 Å².